The smallest absolute Gasteiger partial charge is 0.459 e. The lowest BCUT2D eigenvalue weighted by molar-refractivity contribution is -0.148. The Morgan fingerprint density at radius 3 is 2.65 bits per heavy atom. The van der Waals surface area contributed by atoms with Crippen LogP contribution in [0.25, 0.3) is 21.9 Å². The molecule has 0 amide bonds. The van der Waals surface area contributed by atoms with Crippen molar-refractivity contribution in [2.75, 3.05) is 26.1 Å². The molecule has 16 heteroatoms. The Hall–Kier alpha value is -3.85. The zero-order valence-electron chi connectivity index (χ0n) is 26.4. The molecule has 0 bridgehead atoms. The van der Waals surface area contributed by atoms with Crippen LogP contribution in [0.15, 0.2) is 48.8 Å². The molecule has 4 aromatic rings. The van der Waals surface area contributed by atoms with Crippen molar-refractivity contribution < 1.29 is 42.8 Å². The van der Waals surface area contributed by atoms with Gasteiger partial charge in [-0.15, -0.1) is 0 Å². The number of methoxy groups -OCH3 is 1. The molecule has 0 spiro atoms. The Morgan fingerprint density at radius 2 is 1.93 bits per heavy atom. The quantitative estimate of drug-likeness (QED) is 0.135. The second-order valence-corrected chi connectivity index (χ2v) is 14.2. The molecular formula is C30H39N6O9P. The zero-order valence-corrected chi connectivity index (χ0v) is 27.3. The maximum atomic E-state index is 14.3. The summed E-state index contributed by atoms with van der Waals surface area (Å²) in [6.45, 7) is 8.20. The maximum Gasteiger partial charge on any atom is 0.459 e. The first-order valence-corrected chi connectivity index (χ1v) is 16.1. The van der Waals surface area contributed by atoms with E-state index in [-0.39, 0.29) is 40.8 Å². The van der Waals surface area contributed by atoms with E-state index in [4.69, 9.17) is 29.0 Å². The van der Waals surface area contributed by atoms with Gasteiger partial charge < -0.3 is 34.7 Å². The summed E-state index contributed by atoms with van der Waals surface area (Å²) in [5.74, 6) is -0.411. The SMILES string of the molecule is COc1nc(N)nc2c1ncn2[C@@H]1O[C@H](COP(=O)(NC(C)C(=O)OCC(C)(C)C)Oc2cccc3ccccc23)[C@@H](O)[C@@]1(C)O. The highest BCUT2D eigenvalue weighted by atomic mass is 31.2. The van der Waals surface area contributed by atoms with Gasteiger partial charge in [0.25, 0.3) is 0 Å². The van der Waals surface area contributed by atoms with E-state index in [1.165, 1.54) is 31.9 Å². The molecule has 15 nitrogen and oxygen atoms in total. The Bertz CT molecular complexity index is 1770. The Morgan fingerprint density at radius 1 is 1.22 bits per heavy atom. The van der Waals surface area contributed by atoms with Crippen LogP contribution in [0.2, 0.25) is 0 Å². The second kappa shape index (κ2) is 12.7. The molecule has 1 fully saturated rings. The molecule has 6 atom stereocenters. The van der Waals surface area contributed by atoms with E-state index in [0.717, 1.165) is 5.39 Å². The number of rotatable bonds is 11. The number of benzene rings is 2. The number of hydrogen-bond acceptors (Lipinski definition) is 13. The predicted molar refractivity (Wildman–Crippen MR) is 168 cm³/mol. The summed E-state index contributed by atoms with van der Waals surface area (Å²) >= 11 is 0. The van der Waals surface area contributed by atoms with Gasteiger partial charge in [0, 0.05) is 5.39 Å². The number of aliphatic hydroxyl groups excluding tert-OH is 1. The minimum Gasteiger partial charge on any atom is -0.479 e. The topological polar surface area (TPSA) is 202 Å². The van der Waals surface area contributed by atoms with Gasteiger partial charge in [0.15, 0.2) is 17.4 Å². The van der Waals surface area contributed by atoms with E-state index in [1.807, 2.05) is 39.0 Å². The van der Waals surface area contributed by atoms with E-state index in [0.29, 0.717) is 5.39 Å². The highest BCUT2D eigenvalue weighted by Gasteiger charge is 2.54. The number of carbonyl (C=O) groups is 1. The number of nitrogens with two attached hydrogens (primary N) is 1. The highest BCUT2D eigenvalue weighted by molar-refractivity contribution is 7.52. The second-order valence-electron chi connectivity index (χ2n) is 12.5. The van der Waals surface area contributed by atoms with Crippen LogP contribution in [0.1, 0.15) is 40.8 Å². The monoisotopic (exact) mass is 658 g/mol. The van der Waals surface area contributed by atoms with Gasteiger partial charge in [-0.05, 0) is 30.7 Å². The first-order chi connectivity index (χ1) is 21.6. The van der Waals surface area contributed by atoms with Crippen molar-refractivity contribution in [1.82, 2.24) is 24.6 Å². The van der Waals surface area contributed by atoms with Gasteiger partial charge in [-0.25, -0.2) is 9.55 Å². The molecule has 1 saturated heterocycles. The molecule has 1 aliphatic heterocycles. The fourth-order valence-electron chi connectivity index (χ4n) is 4.97. The average molecular weight is 659 g/mol. The van der Waals surface area contributed by atoms with Crippen LogP contribution in [0.5, 0.6) is 11.6 Å². The molecule has 0 aliphatic carbocycles. The number of aliphatic hydroxyl groups is 2. The molecule has 2 unspecified atom stereocenters. The third kappa shape index (κ3) is 6.94. The molecule has 1 aliphatic rings. The van der Waals surface area contributed by atoms with Crippen LogP contribution in [0.3, 0.4) is 0 Å². The van der Waals surface area contributed by atoms with Gasteiger partial charge in [0.2, 0.25) is 11.8 Å². The first-order valence-electron chi connectivity index (χ1n) is 14.6. The number of hydrogen-bond donors (Lipinski definition) is 4. The largest absolute Gasteiger partial charge is 0.479 e. The van der Waals surface area contributed by atoms with Gasteiger partial charge in [-0.1, -0.05) is 57.2 Å². The lowest BCUT2D eigenvalue weighted by atomic mass is 9.96. The number of nitrogens with zero attached hydrogens (tertiary/aromatic N) is 4. The number of ether oxygens (including phenoxy) is 3. The number of nitrogen functional groups attached to an aromatic ring is 1. The molecule has 248 valence electrons. The summed E-state index contributed by atoms with van der Waals surface area (Å²) in [5, 5.41) is 26.7. The molecule has 5 rings (SSSR count). The third-order valence-corrected chi connectivity index (χ3v) is 8.97. The van der Waals surface area contributed by atoms with Gasteiger partial charge in [0.1, 0.15) is 29.6 Å². The number of carbonyl (C=O) groups excluding carboxylic acids is 1. The molecule has 2 aromatic heterocycles. The molecular weight excluding hydrogens is 619 g/mol. The van der Waals surface area contributed by atoms with Crippen molar-refractivity contribution in [3.8, 4) is 11.6 Å². The maximum absolute atomic E-state index is 14.3. The fourth-order valence-corrected chi connectivity index (χ4v) is 6.49. The first kappa shape index (κ1) is 33.5. The van der Waals surface area contributed by atoms with E-state index in [2.05, 4.69) is 20.0 Å². The van der Waals surface area contributed by atoms with E-state index >= 15 is 0 Å². The summed E-state index contributed by atoms with van der Waals surface area (Å²) in [6, 6.07) is 11.4. The molecule has 5 N–H and O–H groups in total. The number of nitrogens with one attached hydrogen (secondary N) is 1. The standard InChI is InChI=1S/C30H39N6O9P/c1-17(26(38)42-15-29(2,3)4)35-46(40,45-20-13-9-11-18-10-7-8-12-19(18)20)43-14-21-23(37)30(5,39)27(44-21)36-16-32-22-24(36)33-28(31)34-25(22)41-6/h7-13,16-17,21,23,27,37,39H,14-15H2,1-6H3,(H,35,40)(H2,31,33,34)/t17?,21-,23-,27-,30-,46?/m1/s1. The number of aromatic nitrogens is 4. The number of anilines is 1. The van der Waals surface area contributed by atoms with Crippen LogP contribution >= 0.6 is 7.75 Å². The van der Waals surface area contributed by atoms with Crippen LogP contribution < -0.4 is 20.1 Å². The van der Waals surface area contributed by atoms with Crippen LogP contribution in [-0.4, -0.2) is 79.9 Å². The normalized spacial score (nSPS) is 23.7. The van der Waals surface area contributed by atoms with Crippen molar-refractivity contribution in [2.45, 2.75) is 64.7 Å². The van der Waals surface area contributed by atoms with Gasteiger partial charge in [-0.2, -0.15) is 15.1 Å². The fraction of sp³-hybridized carbons (Fsp3) is 0.467. The summed E-state index contributed by atoms with van der Waals surface area (Å²) < 4.78 is 44.2. The average Bonchev–Trinajstić information content (AvgIpc) is 3.51. The molecule has 2 aromatic carbocycles. The minimum atomic E-state index is -4.37. The number of imidazole rings is 1. The van der Waals surface area contributed by atoms with Gasteiger partial charge in [-0.3, -0.25) is 13.9 Å². The molecule has 0 saturated carbocycles. The van der Waals surface area contributed by atoms with Gasteiger partial charge in [0.05, 0.1) is 26.7 Å². The summed E-state index contributed by atoms with van der Waals surface area (Å²) in [4.78, 5) is 25.3. The summed E-state index contributed by atoms with van der Waals surface area (Å²) in [7, 11) is -2.97. The predicted octanol–water partition coefficient (Wildman–Crippen LogP) is 3.35. The van der Waals surface area contributed by atoms with Crippen molar-refractivity contribution in [1.29, 1.82) is 0 Å². The van der Waals surface area contributed by atoms with Gasteiger partial charge >= 0.3 is 13.7 Å². The Labute approximate surface area is 265 Å². The molecule has 46 heavy (non-hydrogen) atoms. The molecule has 3 heterocycles. The van der Waals surface area contributed by atoms with E-state index < -0.39 is 50.4 Å². The minimum absolute atomic E-state index is 0.100. The van der Waals surface area contributed by atoms with E-state index in [9.17, 15) is 19.6 Å². The highest BCUT2D eigenvalue weighted by Crippen LogP contribution is 2.48. The van der Waals surface area contributed by atoms with Crippen molar-refractivity contribution >= 4 is 41.6 Å². The van der Waals surface area contributed by atoms with E-state index in [1.54, 1.807) is 24.3 Å². The Balaban J connectivity index is 1.40. The van der Waals surface area contributed by atoms with Crippen molar-refractivity contribution in [3.05, 3.63) is 48.8 Å². The van der Waals surface area contributed by atoms with Crippen LogP contribution in [0.4, 0.5) is 5.95 Å². The lowest BCUT2D eigenvalue weighted by Crippen LogP contribution is -2.44. The summed E-state index contributed by atoms with van der Waals surface area (Å²) in [5.41, 5.74) is 4.11. The van der Waals surface area contributed by atoms with Crippen LogP contribution in [0, 0.1) is 5.41 Å². The Kier molecular flexibility index (Phi) is 9.28. The molecule has 0 radical (unpaired) electrons. The number of fused-ring (bicyclic) bond motifs is 2. The third-order valence-electron chi connectivity index (χ3n) is 7.34. The van der Waals surface area contributed by atoms with Crippen molar-refractivity contribution in [3.63, 3.8) is 0 Å². The van der Waals surface area contributed by atoms with Crippen molar-refractivity contribution in [2.24, 2.45) is 5.41 Å². The zero-order chi connectivity index (χ0) is 33.4. The van der Waals surface area contributed by atoms with Crippen LogP contribution in [-0.2, 0) is 23.4 Å². The summed E-state index contributed by atoms with van der Waals surface area (Å²) in [6.07, 6.45) is -2.63. The number of esters is 1. The lowest BCUT2D eigenvalue weighted by Gasteiger charge is -2.27.